The molecule has 6 heteroatoms. The lowest BCUT2D eigenvalue weighted by Gasteiger charge is -2.09. The van der Waals surface area contributed by atoms with E-state index in [1.54, 1.807) is 12.1 Å². The van der Waals surface area contributed by atoms with Gasteiger partial charge < -0.3 is 8.83 Å². The quantitative estimate of drug-likeness (QED) is 0.208. The molecule has 9 rings (SSSR count). The van der Waals surface area contributed by atoms with Crippen molar-refractivity contribution in [3.63, 3.8) is 0 Å². The Hall–Kier alpha value is -6.14. The molecule has 0 N–H and O–H groups in total. The molecule has 44 heavy (non-hydrogen) atoms. The predicted octanol–water partition coefficient (Wildman–Crippen LogP) is 9.73. The van der Waals surface area contributed by atoms with Crippen molar-refractivity contribution >= 4 is 43.8 Å². The zero-order valence-electron chi connectivity index (χ0n) is 32.5. The van der Waals surface area contributed by atoms with Crippen LogP contribution < -0.4 is 0 Å². The largest absolute Gasteiger partial charge is 0.456 e. The van der Waals surface area contributed by atoms with E-state index in [1.165, 1.54) is 0 Å². The number of rotatable bonds is 4. The number of hydrogen-bond acceptors (Lipinski definition) is 6. The van der Waals surface area contributed by atoms with Gasteiger partial charge in [-0.05, 0) is 47.2 Å². The predicted molar refractivity (Wildman–Crippen MR) is 174 cm³/mol. The van der Waals surface area contributed by atoms with E-state index in [2.05, 4.69) is 15.0 Å². The Morgan fingerprint density at radius 1 is 0.500 bits per heavy atom. The molecule has 0 aliphatic heterocycles. The fraction of sp³-hybridized carbons (Fsp3) is 0. The third kappa shape index (κ3) is 3.96. The number of hydrogen-bond donors (Lipinski definition) is 0. The highest BCUT2D eigenvalue weighted by Crippen LogP contribution is 2.41. The summed E-state index contributed by atoms with van der Waals surface area (Å²) in [5, 5.41) is 2.94. The minimum atomic E-state index is -0.619. The van der Waals surface area contributed by atoms with Crippen molar-refractivity contribution < 1.29 is 22.5 Å². The van der Waals surface area contributed by atoms with Crippen LogP contribution in [0.15, 0.2) is 142 Å². The summed E-state index contributed by atoms with van der Waals surface area (Å²) in [5.41, 5.74) is 2.79. The van der Waals surface area contributed by atoms with E-state index >= 15 is 0 Å². The molecule has 0 radical (unpaired) electrons. The first-order valence-electron chi connectivity index (χ1n) is 18.6. The zero-order chi connectivity index (χ0) is 37.7. The third-order valence-electron chi connectivity index (χ3n) is 7.33. The van der Waals surface area contributed by atoms with Crippen molar-refractivity contribution in [2.45, 2.75) is 0 Å². The van der Waals surface area contributed by atoms with E-state index < -0.39 is 60.4 Å². The van der Waals surface area contributed by atoms with Crippen molar-refractivity contribution in [3.05, 3.63) is 133 Å². The second-order valence-corrected chi connectivity index (χ2v) is 9.95. The summed E-state index contributed by atoms with van der Waals surface area (Å²) in [6.07, 6.45) is 0. The van der Waals surface area contributed by atoms with E-state index in [0.29, 0.717) is 44.5 Å². The number of nitrogens with zero attached hydrogens (tertiary/aromatic N) is 4. The average molecular weight is 577 g/mol. The lowest BCUT2D eigenvalue weighted by atomic mass is 10.0. The molecule has 0 atom stereocenters. The van der Waals surface area contributed by atoms with Gasteiger partial charge in [-0.15, -0.1) is 0 Å². The highest BCUT2D eigenvalue weighted by Gasteiger charge is 2.19. The first-order chi connectivity index (χ1) is 25.9. The highest BCUT2D eigenvalue weighted by molar-refractivity contribution is 6.25. The summed E-state index contributed by atoms with van der Waals surface area (Å²) >= 11 is 0. The van der Waals surface area contributed by atoms with Crippen LogP contribution in [0.2, 0.25) is 0 Å². The molecular weight excluding hydrogens is 544 g/mol. The molecule has 3 aromatic heterocycles. The summed E-state index contributed by atoms with van der Waals surface area (Å²) in [6, 6.07) is 16.2. The number of aromatic nitrogens is 4. The van der Waals surface area contributed by atoms with E-state index in [4.69, 9.17) is 27.5 Å². The molecule has 0 unspecified atom stereocenters. The molecule has 206 valence electrons. The molecule has 0 aliphatic carbocycles. The van der Waals surface area contributed by atoms with Crippen molar-refractivity contribution in [1.82, 2.24) is 19.9 Å². The van der Waals surface area contributed by atoms with Crippen LogP contribution in [0.5, 0.6) is 0 Å². The molecule has 0 aliphatic rings. The van der Waals surface area contributed by atoms with Crippen LogP contribution in [0, 0.1) is 0 Å². The lowest BCUT2D eigenvalue weighted by molar-refractivity contribution is 0.622. The van der Waals surface area contributed by atoms with Gasteiger partial charge in [0, 0.05) is 27.6 Å². The Bertz CT molecular complexity index is 2930. The van der Waals surface area contributed by atoms with Crippen LogP contribution in [-0.4, -0.2) is 19.9 Å². The minimum absolute atomic E-state index is 0.0449. The first-order valence-corrected chi connectivity index (χ1v) is 13.6. The Kier molecular flexibility index (Phi) is 3.64. The van der Waals surface area contributed by atoms with Gasteiger partial charge in [0.2, 0.25) is 5.89 Å². The van der Waals surface area contributed by atoms with E-state index in [0.717, 1.165) is 16.3 Å². The Labute approximate surface area is 265 Å². The zero-order valence-corrected chi connectivity index (χ0v) is 22.5. The van der Waals surface area contributed by atoms with Gasteiger partial charge >= 0.3 is 0 Å². The fourth-order valence-electron chi connectivity index (χ4n) is 5.35. The van der Waals surface area contributed by atoms with Gasteiger partial charge in [0.1, 0.15) is 16.7 Å². The molecule has 6 nitrogen and oxygen atoms in total. The molecule has 0 spiro atoms. The summed E-state index contributed by atoms with van der Waals surface area (Å²) in [5.74, 6) is -0.291. The molecule has 0 fully saturated rings. The molecule has 9 aromatic rings. The fourth-order valence-corrected chi connectivity index (χ4v) is 5.35. The second kappa shape index (κ2) is 9.71. The van der Waals surface area contributed by atoms with Crippen LogP contribution in [-0.2, 0) is 0 Å². The summed E-state index contributed by atoms with van der Waals surface area (Å²) in [4.78, 5) is 18.3. The number of benzene rings is 6. The number of furan rings is 1. The first kappa shape index (κ1) is 16.5. The van der Waals surface area contributed by atoms with Crippen molar-refractivity contribution in [1.29, 1.82) is 0 Å². The van der Waals surface area contributed by atoms with Crippen LogP contribution >= 0.6 is 0 Å². The Morgan fingerprint density at radius 3 is 1.82 bits per heavy atom. The standard InChI is InChI=1S/C38H22N4O2/c1-4-10-24(11-5-1)35-40-36(25-12-6-2-7-13-25)42-37(41-35)27-17-16-23-18-20-30-32(28(23)22-27)33-31(43-30)21-19-29-34(33)44-38(39-29)26-14-8-3-9-15-26/h1-22H/i1D,2D,4D,5D,6D,7D,10D,11D,12D,13D. The van der Waals surface area contributed by atoms with Crippen molar-refractivity contribution in [2.24, 2.45) is 0 Å². The maximum Gasteiger partial charge on any atom is 0.227 e. The summed E-state index contributed by atoms with van der Waals surface area (Å²) in [7, 11) is 0. The van der Waals surface area contributed by atoms with Gasteiger partial charge in [-0.2, -0.15) is 0 Å². The van der Waals surface area contributed by atoms with E-state index in [1.807, 2.05) is 60.7 Å². The maximum absolute atomic E-state index is 8.63. The Morgan fingerprint density at radius 2 is 1.11 bits per heavy atom. The topological polar surface area (TPSA) is 77.8 Å². The van der Waals surface area contributed by atoms with Crippen LogP contribution in [0.25, 0.3) is 89.4 Å². The SMILES string of the molecule is [2H]c1c([2H])c([2H])c(-c2nc(-c3ccc4ccc5oc6ccc7nc(-c8ccccc8)oc7c6c5c4c3)nc(-c3c([2H])c([2H])c([2H])c([2H])c3[2H])n2)c([2H])c1[2H]. The average Bonchev–Trinajstić information content (AvgIpc) is 3.80. The van der Waals surface area contributed by atoms with E-state index in [-0.39, 0.29) is 28.6 Å². The maximum atomic E-state index is 8.63. The van der Waals surface area contributed by atoms with Crippen LogP contribution in [0.3, 0.4) is 0 Å². The molecule has 0 saturated heterocycles. The number of oxazole rings is 1. The molecule has 6 aromatic carbocycles. The normalized spacial score (nSPS) is 14.8. The number of fused-ring (bicyclic) bond motifs is 7. The third-order valence-corrected chi connectivity index (χ3v) is 7.33. The highest BCUT2D eigenvalue weighted by atomic mass is 16.4. The van der Waals surface area contributed by atoms with Crippen molar-refractivity contribution in [3.8, 4) is 45.6 Å². The molecule has 3 heterocycles. The van der Waals surface area contributed by atoms with Crippen LogP contribution in [0.1, 0.15) is 13.7 Å². The molecule has 0 bridgehead atoms. The van der Waals surface area contributed by atoms with Gasteiger partial charge in [-0.1, -0.05) is 96.8 Å². The van der Waals surface area contributed by atoms with Gasteiger partial charge in [0.25, 0.3) is 0 Å². The monoisotopic (exact) mass is 576 g/mol. The van der Waals surface area contributed by atoms with Gasteiger partial charge in [-0.3, -0.25) is 0 Å². The molecular formula is C38H22N4O2. The lowest BCUT2D eigenvalue weighted by Crippen LogP contribution is -2.00. The van der Waals surface area contributed by atoms with Crippen molar-refractivity contribution in [2.75, 3.05) is 0 Å². The summed E-state index contributed by atoms with van der Waals surface area (Å²) in [6.45, 7) is 0. The molecule has 0 saturated carbocycles. The van der Waals surface area contributed by atoms with Gasteiger partial charge in [0.15, 0.2) is 23.1 Å². The Balaban J connectivity index is 1.34. The van der Waals surface area contributed by atoms with E-state index in [9.17, 15) is 0 Å². The summed E-state index contributed by atoms with van der Waals surface area (Å²) < 4.78 is 96.4. The minimum Gasteiger partial charge on any atom is -0.456 e. The van der Waals surface area contributed by atoms with Gasteiger partial charge in [0.05, 0.1) is 19.1 Å². The smallest absolute Gasteiger partial charge is 0.227 e. The van der Waals surface area contributed by atoms with Crippen LogP contribution in [0.4, 0.5) is 0 Å². The second-order valence-electron chi connectivity index (χ2n) is 9.95. The van der Waals surface area contributed by atoms with Gasteiger partial charge in [-0.25, -0.2) is 19.9 Å². The molecule has 0 amide bonds.